The van der Waals surface area contributed by atoms with Crippen molar-refractivity contribution in [3.05, 3.63) is 47.4 Å². The van der Waals surface area contributed by atoms with Gasteiger partial charge in [-0.05, 0) is 37.0 Å². The van der Waals surface area contributed by atoms with Crippen molar-refractivity contribution in [1.29, 1.82) is 0 Å². The van der Waals surface area contributed by atoms with Crippen LogP contribution in [0.25, 0.3) is 0 Å². The first-order valence-electron chi connectivity index (χ1n) is 8.22. The van der Waals surface area contributed by atoms with E-state index in [0.717, 1.165) is 18.7 Å². The molecule has 0 atom stereocenters. The molecule has 3 rings (SSSR count). The molecule has 0 unspecified atom stereocenters. The monoisotopic (exact) mass is 315 g/mol. The van der Waals surface area contributed by atoms with E-state index in [9.17, 15) is 9.18 Å². The van der Waals surface area contributed by atoms with Crippen molar-refractivity contribution in [2.24, 2.45) is 0 Å². The fourth-order valence-corrected chi connectivity index (χ4v) is 3.15. The molecule has 1 fully saturated rings. The number of nitrogens with zero attached hydrogens (tertiary/aromatic N) is 2. The van der Waals surface area contributed by atoms with Crippen LogP contribution in [0, 0.1) is 12.7 Å². The van der Waals surface area contributed by atoms with Gasteiger partial charge >= 0.3 is 0 Å². The standard InChI is InChI=1S/C18H22FN3O/c1-13-7-8-14(11-16(13)19)12-18(23)21-17-9-10-20-22(17)15-5-3-2-4-6-15/h7-11,15H,2-6,12H2,1H3,(H,21,23). The molecule has 0 saturated heterocycles. The zero-order valence-corrected chi connectivity index (χ0v) is 13.4. The molecule has 1 amide bonds. The fourth-order valence-electron chi connectivity index (χ4n) is 3.15. The molecule has 1 aliphatic rings. The highest BCUT2D eigenvalue weighted by atomic mass is 19.1. The van der Waals surface area contributed by atoms with Gasteiger partial charge < -0.3 is 5.32 Å². The first-order valence-corrected chi connectivity index (χ1v) is 8.22. The number of carbonyl (C=O) groups is 1. The smallest absolute Gasteiger partial charge is 0.229 e. The number of hydrogen-bond donors (Lipinski definition) is 1. The van der Waals surface area contributed by atoms with Gasteiger partial charge in [-0.1, -0.05) is 31.4 Å². The molecule has 1 aromatic carbocycles. The molecule has 1 aromatic heterocycles. The Hall–Kier alpha value is -2.17. The Kier molecular flexibility index (Phi) is 4.74. The highest BCUT2D eigenvalue weighted by Gasteiger charge is 2.19. The number of amides is 1. The van der Waals surface area contributed by atoms with Gasteiger partial charge in [-0.15, -0.1) is 0 Å². The predicted octanol–water partition coefficient (Wildman–Crippen LogP) is 4.02. The molecule has 1 N–H and O–H groups in total. The van der Waals surface area contributed by atoms with Crippen LogP contribution in [-0.4, -0.2) is 15.7 Å². The third kappa shape index (κ3) is 3.78. The van der Waals surface area contributed by atoms with Crippen LogP contribution in [0.4, 0.5) is 10.2 Å². The Bertz CT molecular complexity index is 689. The van der Waals surface area contributed by atoms with Gasteiger partial charge in [0.2, 0.25) is 5.91 Å². The van der Waals surface area contributed by atoms with Gasteiger partial charge in [0.15, 0.2) is 0 Å². The molecule has 2 aromatic rings. The number of benzene rings is 1. The maximum Gasteiger partial charge on any atom is 0.229 e. The lowest BCUT2D eigenvalue weighted by atomic mass is 9.96. The van der Waals surface area contributed by atoms with Crippen LogP contribution >= 0.6 is 0 Å². The van der Waals surface area contributed by atoms with E-state index in [0.29, 0.717) is 17.2 Å². The van der Waals surface area contributed by atoms with Crippen molar-refractivity contribution < 1.29 is 9.18 Å². The van der Waals surface area contributed by atoms with Crippen LogP contribution in [0.3, 0.4) is 0 Å². The molecule has 0 spiro atoms. The third-order valence-corrected chi connectivity index (χ3v) is 4.46. The van der Waals surface area contributed by atoms with Gasteiger partial charge in [0.1, 0.15) is 11.6 Å². The minimum atomic E-state index is -0.275. The molecular formula is C18H22FN3O. The zero-order chi connectivity index (χ0) is 16.2. The van der Waals surface area contributed by atoms with Crippen LogP contribution in [0.2, 0.25) is 0 Å². The van der Waals surface area contributed by atoms with Crippen LogP contribution in [0.5, 0.6) is 0 Å². The molecule has 23 heavy (non-hydrogen) atoms. The number of aromatic nitrogens is 2. The molecule has 4 nitrogen and oxygen atoms in total. The molecule has 1 aliphatic carbocycles. The Morgan fingerprint density at radius 1 is 1.30 bits per heavy atom. The number of halogens is 1. The maximum atomic E-state index is 13.6. The van der Waals surface area contributed by atoms with E-state index in [1.807, 2.05) is 10.7 Å². The van der Waals surface area contributed by atoms with E-state index in [-0.39, 0.29) is 18.1 Å². The van der Waals surface area contributed by atoms with E-state index < -0.39 is 0 Å². The number of nitrogens with one attached hydrogen (secondary N) is 1. The highest BCUT2D eigenvalue weighted by molar-refractivity contribution is 5.91. The molecule has 5 heteroatoms. The van der Waals surface area contributed by atoms with Crippen LogP contribution in [0.15, 0.2) is 30.5 Å². The van der Waals surface area contributed by atoms with Gasteiger partial charge in [0, 0.05) is 6.07 Å². The summed E-state index contributed by atoms with van der Waals surface area (Å²) in [4.78, 5) is 12.2. The maximum absolute atomic E-state index is 13.6. The van der Waals surface area contributed by atoms with Crippen LogP contribution in [0.1, 0.15) is 49.3 Å². The molecule has 0 aliphatic heterocycles. The molecule has 1 saturated carbocycles. The molecule has 122 valence electrons. The van der Waals surface area contributed by atoms with Gasteiger partial charge in [0.05, 0.1) is 18.7 Å². The molecule has 0 radical (unpaired) electrons. The largest absolute Gasteiger partial charge is 0.311 e. The third-order valence-electron chi connectivity index (χ3n) is 4.46. The number of rotatable bonds is 4. The van der Waals surface area contributed by atoms with Crippen molar-refractivity contribution >= 4 is 11.7 Å². The predicted molar refractivity (Wildman–Crippen MR) is 87.8 cm³/mol. The summed E-state index contributed by atoms with van der Waals surface area (Å²) in [6.45, 7) is 1.71. The SMILES string of the molecule is Cc1ccc(CC(=O)Nc2ccnn2C2CCCCC2)cc1F. The van der Waals surface area contributed by atoms with Gasteiger partial charge in [0.25, 0.3) is 0 Å². The Balaban J connectivity index is 1.66. The van der Waals surface area contributed by atoms with E-state index in [1.54, 1.807) is 25.3 Å². The minimum Gasteiger partial charge on any atom is -0.311 e. The normalized spacial score (nSPS) is 15.6. The quantitative estimate of drug-likeness (QED) is 0.926. The Morgan fingerprint density at radius 2 is 2.09 bits per heavy atom. The van der Waals surface area contributed by atoms with E-state index >= 15 is 0 Å². The van der Waals surface area contributed by atoms with Gasteiger partial charge in [-0.2, -0.15) is 5.10 Å². The summed E-state index contributed by atoms with van der Waals surface area (Å²) < 4.78 is 15.5. The lowest BCUT2D eigenvalue weighted by Crippen LogP contribution is -2.21. The fraction of sp³-hybridized carbons (Fsp3) is 0.444. The summed E-state index contributed by atoms with van der Waals surface area (Å²) in [5.41, 5.74) is 1.26. The average molecular weight is 315 g/mol. The number of anilines is 1. The van der Waals surface area contributed by atoms with Gasteiger partial charge in [-0.25, -0.2) is 9.07 Å². The molecular weight excluding hydrogens is 293 g/mol. The number of carbonyl (C=O) groups excluding carboxylic acids is 1. The first-order chi connectivity index (χ1) is 11.1. The summed E-state index contributed by atoms with van der Waals surface area (Å²) >= 11 is 0. The van der Waals surface area contributed by atoms with Crippen molar-refractivity contribution in [2.75, 3.05) is 5.32 Å². The van der Waals surface area contributed by atoms with Crippen molar-refractivity contribution in [1.82, 2.24) is 9.78 Å². The van der Waals surface area contributed by atoms with Gasteiger partial charge in [-0.3, -0.25) is 4.79 Å². The van der Waals surface area contributed by atoms with Crippen molar-refractivity contribution in [3.63, 3.8) is 0 Å². The lowest BCUT2D eigenvalue weighted by Gasteiger charge is -2.23. The molecule has 1 heterocycles. The van der Waals surface area contributed by atoms with Crippen molar-refractivity contribution in [3.8, 4) is 0 Å². The summed E-state index contributed by atoms with van der Waals surface area (Å²) in [6.07, 6.45) is 7.78. The second kappa shape index (κ2) is 6.94. The van der Waals surface area contributed by atoms with E-state index in [2.05, 4.69) is 10.4 Å². The van der Waals surface area contributed by atoms with Crippen LogP contribution < -0.4 is 5.32 Å². The lowest BCUT2D eigenvalue weighted by molar-refractivity contribution is -0.115. The molecule has 0 bridgehead atoms. The Morgan fingerprint density at radius 3 is 2.83 bits per heavy atom. The summed E-state index contributed by atoms with van der Waals surface area (Å²) in [5, 5.41) is 7.28. The van der Waals surface area contributed by atoms with E-state index in [4.69, 9.17) is 0 Å². The summed E-state index contributed by atoms with van der Waals surface area (Å²) in [7, 11) is 0. The van der Waals surface area contributed by atoms with E-state index in [1.165, 1.54) is 25.3 Å². The van der Waals surface area contributed by atoms with Crippen molar-refractivity contribution in [2.45, 2.75) is 51.5 Å². The average Bonchev–Trinajstić information content (AvgIpc) is 3.00. The first kappa shape index (κ1) is 15.7. The zero-order valence-electron chi connectivity index (χ0n) is 13.4. The minimum absolute atomic E-state index is 0.147. The number of aryl methyl sites for hydroxylation is 1. The summed E-state index contributed by atoms with van der Waals surface area (Å²) in [6, 6.07) is 7.10. The number of hydrogen-bond acceptors (Lipinski definition) is 2. The summed E-state index contributed by atoms with van der Waals surface area (Å²) in [5.74, 6) is 0.308. The van der Waals surface area contributed by atoms with Crippen LogP contribution in [-0.2, 0) is 11.2 Å². The topological polar surface area (TPSA) is 46.9 Å². The second-order valence-electron chi connectivity index (χ2n) is 6.26. The highest BCUT2D eigenvalue weighted by Crippen LogP contribution is 2.29. The second-order valence-corrected chi connectivity index (χ2v) is 6.26. The Labute approximate surface area is 135 Å².